The fraction of sp³-hybridized carbons (Fsp3) is 0.385. The number of rotatable bonds is 4. The summed E-state index contributed by atoms with van der Waals surface area (Å²) in [5, 5.41) is 4.30. The minimum atomic E-state index is -0.160. The summed E-state index contributed by atoms with van der Waals surface area (Å²) in [5.41, 5.74) is 0.523. The maximum Gasteiger partial charge on any atom is 0.251 e. The highest BCUT2D eigenvalue weighted by Crippen LogP contribution is 2.25. The van der Waals surface area contributed by atoms with Gasteiger partial charge in [-0.25, -0.2) is 15.0 Å². The molecule has 20 heavy (non-hydrogen) atoms. The van der Waals surface area contributed by atoms with Crippen LogP contribution in [0.5, 0.6) is 0 Å². The van der Waals surface area contributed by atoms with Gasteiger partial charge < -0.3 is 10.3 Å². The molecule has 0 saturated carbocycles. The summed E-state index contributed by atoms with van der Waals surface area (Å²) >= 11 is 1.32. The van der Waals surface area contributed by atoms with Gasteiger partial charge in [-0.05, 0) is 18.7 Å². The molecule has 0 aliphatic carbocycles. The van der Waals surface area contributed by atoms with Gasteiger partial charge in [-0.3, -0.25) is 4.79 Å². The molecule has 0 saturated heterocycles. The third kappa shape index (κ3) is 3.57. The second-order valence-electron chi connectivity index (χ2n) is 4.65. The van der Waals surface area contributed by atoms with Gasteiger partial charge in [-0.2, -0.15) is 0 Å². The van der Waals surface area contributed by atoms with Crippen LogP contribution in [-0.4, -0.2) is 27.0 Å². The zero-order valence-corrected chi connectivity index (χ0v) is 12.7. The van der Waals surface area contributed by atoms with Crippen molar-refractivity contribution in [3.05, 3.63) is 34.0 Å². The van der Waals surface area contributed by atoms with E-state index in [1.165, 1.54) is 17.8 Å². The Kier molecular flexibility index (Phi) is 4.39. The summed E-state index contributed by atoms with van der Waals surface area (Å²) in [4.78, 5) is 27.3. The van der Waals surface area contributed by atoms with Crippen LogP contribution >= 0.6 is 11.8 Å². The molecule has 0 radical (unpaired) electrons. The van der Waals surface area contributed by atoms with Crippen LogP contribution in [0.25, 0.3) is 0 Å². The van der Waals surface area contributed by atoms with Crippen LogP contribution < -0.4 is 10.9 Å². The first-order valence-corrected chi connectivity index (χ1v) is 7.12. The van der Waals surface area contributed by atoms with Crippen LogP contribution in [0.15, 0.2) is 27.1 Å². The molecule has 2 aromatic heterocycles. The Morgan fingerprint density at radius 1 is 1.25 bits per heavy atom. The van der Waals surface area contributed by atoms with E-state index in [1.54, 1.807) is 6.92 Å². The Balaban J connectivity index is 2.37. The smallest absolute Gasteiger partial charge is 0.251 e. The highest BCUT2D eigenvalue weighted by molar-refractivity contribution is 7.99. The molecular formula is C13H17N5OS. The van der Waals surface area contributed by atoms with Gasteiger partial charge in [0.15, 0.2) is 5.16 Å². The topological polar surface area (TPSA) is 83.6 Å². The van der Waals surface area contributed by atoms with Crippen molar-refractivity contribution in [3.8, 4) is 0 Å². The van der Waals surface area contributed by atoms with Gasteiger partial charge in [0.1, 0.15) is 16.7 Å². The monoisotopic (exact) mass is 291 g/mol. The zero-order valence-electron chi connectivity index (χ0n) is 11.9. The van der Waals surface area contributed by atoms with E-state index in [-0.39, 0.29) is 11.5 Å². The lowest BCUT2D eigenvalue weighted by Gasteiger charge is -2.09. The van der Waals surface area contributed by atoms with E-state index in [2.05, 4.69) is 25.3 Å². The van der Waals surface area contributed by atoms with Crippen LogP contribution in [0, 0.1) is 6.92 Å². The lowest BCUT2D eigenvalue weighted by molar-refractivity contribution is 0.754. The molecule has 2 rings (SSSR count). The highest BCUT2D eigenvalue weighted by Gasteiger charge is 2.10. The maximum absolute atomic E-state index is 11.4. The first-order valence-electron chi connectivity index (χ1n) is 6.30. The number of aromatic amines is 1. The predicted octanol–water partition coefficient (Wildman–Crippen LogP) is 2.18. The van der Waals surface area contributed by atoms with Crippen molar-refractivity contribution in [2.75, 3.05) is 12.4 Å². The minimum absolute atomic E-state index is 0.160. The van der Waals surface area contributed by atoms with Crippen LogP contribution in [0.1, 0.15) is 31.3 Å². The fourth-order valence-corrected chi connectivity index (χ4v) is 2.43. The number of aromatic nitrogens is 4. The predicted molar refractivity (Wildman–Crippen MR) is 79.4 cm³/mol. The Labute approximate surface area is 121 Å². The largest absolute Gasteiger partial charge is 0.373 e. The average molecular weight is 291 g/mol. The third-order valence-electron chi connectivity index (χ3n) is 2.54. The van der Waals surface area contributed by atoms with E-state index in [0.717, 1.165) is 16.7 Å². The molecule has 2 aromatic rings. The number of hydrogen-bond acceptors (Lipinski definition) is 6. The lowest BCUT2D eigenvalue weighted by atomic mass is 10.2. The molecule has 0 atom stereocenters. The van der Waals surface area contributed by atoms with E-state index in [9.17, 15) is 4.79 Å². The Bertz CT molecular complexity index is 668. The van der Waals surface area contributed by atoms with Crippen molar-refractivity contribution in [2.45, 2.75) is 36.9 Å². The third-order valence-corrected chi connectivity index (χ3v) is 3.35. The maximum atomic E-state index is 11.4. The second kappa shape index (κ2) is 6.04. The van der Waals surface area contributed by atoms with Gasteiger partial charge in [0.25, 0.3) is 5.56 Å². The number of nitrogens with zero attached hydrogens (tertiary/aromatic N) is 3. The fourth-order valence-electron chi connectivity index (χ4n) is 1.58. The number of nitrogens with one attached hydrogen (secondary N) is 2. The van der Waals surface area contributed by atoms with Crippen LogP contribution in [0.2, 0.25) is 0 Å². The van der Waals surface area contributed by atoms with E-state index < -0.39 is 0 Å². The van der Waals surface area contributed by atoms with Crippen molar-refractivity contribution in [1.29, 1.82) is 0 Å². The first-order chi connectivity index (χ1) is 9.47. The van der Waals surface area contributed by atoms with E-state index >= 15 is 0 Å². The Morgan fingerprint density at radius 3 is 2.60 bits per heavy atom. The van der Waals surface area contributed by atoms with Gasteiger partial charge >= 0.3 is 0 Å². The van der Waals surface area contributed by atoms with Crippen LogP contribution in [0.4, 0.5) is 5.82 Å². The van der Waals surface area contributed by atoms with Crippen molar-refractivity contribution >= 4 is 17.6 Å². The molecule has 6 nitrogen and oxygen atoms in total. The standard InChI is InChI=1S/C13H17N5OS/c1-7(2)12-16-9(14-4)6-11(18-12)20-13-15-8(3)5-10(19)17-13/h5-7H,1-4H3,(H,14,16,18)(H,15,17,19). The van der Waals surface area contributed by atoms with Crippen molar-refractivity contribution < 1.29 is 0 Å². The molecule has 0 bridgehead atoms. The van der Waals surface area contributed by atoms with Crippen molar-refractivity contribution in [3.63, 3.8) is 0 Å². The van der Waals surface area contributed by atoms with Crippen LogP contribution in [0.3, 0.4) is 0 Å². The molecule has 0 aliphatic rings. The molecule has 0 aliphatic heterocycles. The van der Waals surface area contributed by atoms with Gasteiger partial charge in [0, 0.05) is 30.8 Å². The molecule has 0 unspecified atom stereocenters. The summed E-state index contributed by atoms with van der Waals surface area (Å²) < 4.78 is 0. The molecule has 0 amide bonds. The first kappa shape index (κ1) is 14.5. The summed E-state index contributed by atoms with van der Waals surface area (Å²) in [6.07, 6.45) is 0. The molecular weight excluding hydrogens is 274 g/mol. The summed E-state index contributed by atoms with van der Waals surface area (Å²) in [6.45, 7) is 5.86. The lowest BCUT2D eigenvalue weighted by Crippen LogP contribution is -2.08. The molecule has 0 spiro atoms. The zero-order chi connectivity index (χ0) is 14.7. The number of H-pyrrole nitrogens is 1. The number of anilines is 1. The van der Waals surface area contributed by atoms with Crippen molar-refractivity contribution in [2.24, 2.45) is 0 Å². The summed E-state index contributed by atoms with van der Waals surface area (Å²) in [7, 11) is 1.81. The SMILES string of the molecule is CNc1cc(Sc2nc(C)cc(=O)[nH]2)nc(C(C)C)n1. The van der Waals surface area contributed by atoms with Crippen molar-refractivity contribution in [1.82, 2.24) is 19.9 Å². The quantitative estimate of drug-likeness (QED) is 0.663. The van der Waals surface area contributed by atoms with E-state index in [1.807, 2.05) is 27.0 Å². The Morgan fingerprint density at radius 2 is 2.00 bits per heavy atom. The Hall–Kier alpha value is -1.89. The van der Waals surface area contributed by atoms with E-state index in [4.69, 9.17) is 0 Å². The average Bonchev–Trinajstić information content (AvgIpc) is 2.36. The molecule has 0 aromatic carbocycles. The second-order valence-corrected chi connectivity index (χ2v) is 5.66. The highest BCUT2D eigenvalue weighted by atomic mass is 32.2. The van der Waals surface area contributed by atoms with E-state index in [0.29, 0.717) is 10.9 Å². The normalized spacial score (nSPS) is 10.8. The molecule has 106 valence electrons. The molecule has 0 fully saturated rings. The van der Waals surface area contributed by atoms with Gasteiger partial charge in [0.05, 0.1) is 0 Å². The summed E-state index contributed by atoms with van der Waals surface area (Å²) in [5.74, 6) is 1.74. The van der Waals surface area contributed by atoms with Crippen LogP contribution in [-0.2, 0) is 0 Å². The molecule has 7 heteroatoms. The molecule has 2 N–H and O–H groups in total. The number of hydrogen-bond donors (Lipinski definition) is 2. The number of aryl methyl sites for hydroxylation is 1. The minimum Gasteiger partial charge on any atom is -0.373 e. The van der Waals surface area contributed by atoms with Gasteiger partial charge in [-0.1, -0.05) is 13.8 Å². The van der Waals surface area contributed by atoms with Gasteiger partial charge in [-0.15, -0.1) is 0 Å². The molecule has 2 heterocycles. The van der Waals surface area contributed by atoms with Gasteiger partial charge in [0.2, 0.25) is 0 Å². The summed E-state index contributed by atoms with van der Waals surface area (Å²) in [6, 6.07) is 3.29.